The Kier molecular flexibility index (Phi) is 5.40. The summed E-state index contributed by atoms with van der Waals surface area (Å²) in [5, 5.41) is 0. The van der Waals surface area contributed by atoms with Gasteiger partial charge in [-0.15, -0.1) is 0 Å². The highest BCUT2D eigenvalue weighted by Crippen LogP contribution is 2.26. The van der Waals surface area contributed by atoms with E-state index in [-0.39, 0.29) is 0 Å². The quantitative estimate of drug-likeness (QED) is 0.483. The normalized spacial score (nSPS) is 14.8. The van der Waals surface area contributed by atoms with Gasteiger partial charge in [0.15, 0.2) is 0 Å². The van der Waals surface area contributed by atoms with Gasteiger partial charge in [0.25, 0.3) is 0 Å². The number of hydrogen-bond donors (Lipinski definition) is 0. The van der Waals surface area contributed by atoms with Crippen molar-refractivity contribution in [2.75, 3.05) is 26.2 Å². The third-order valence-electron chi connectivity index (χ3n) is 5.66. The van der Waals surface area contributed by atoms with Gasteiger partial charge in [-0.05, 0) is 61.8 Å². The summed E-state index contributed by atoms with van der Waals surface area (Å²) >= 11 is 0. The molecular formula is C24H25N5O. The van der Waals surface area contributed by atoms with Crippen molar-refractivity contribution in [1.82, 2.24) is 24.4 Å². The molecule has 5 rings (SSSR count). The zero-order valence-corrected chi connectivity index (χ0v) is 16.9. The first kappa shape index (κ1) is 18.8. The van der Waals surface area contributed by atoms with Gasteiger partial charge in [0, 0.05) is 36.8 Å². The molecule has 0 atom stereocenters. The van der Waals surface area contributed by atoms with Gasteiger partial charge in [-0.3, -0.25) is 14.5 Å². The van der Waals surface area contributed by atoms with Crippen molar-refractivity contribution in [3.05, 3.63) is 67.4 Å². The molecule has 1 aliphatic heterocycles. The van der Waals surface area contributed by atoms with Gasteiger partial charge in [-0.1, -0.05) is 12.5 Å². The summed E-state index contributed by atoms with van der Waals surface area (Å²) in [6.45, 7) is 4.04. The van der Waals surface area contributed by atoms with Crippen molar-refractivity contribution in [2.24, 2.45) is 0 Å². The number of nitrogens with zero attached hydrogens (tertiary/aromatic N) is 5. The second-order valence-electron chi connectivity index (χ2n) is 7.66. The number of pyridine rings is 2. The standard InChI is InChI=1S/C24H25N5O/c1-2-12-28(13-3-1)14-15-30-24-7-5-20(17-26-24)19-4-6-23-22(16-19)27-18-29(23)21-8-10-25-11-9-21/h4-11,16-18H,1-3,12-15H2. The molecule has 0 N–H and O–H groups in total. The van der Waals surface area contributed by atoms with Crippen LogP contribution in [-0.2, 0) is 0 Å². The number of benzene rings is 1. The van der Waals surface area contributed by atoms with Crippen molar-refractivity contribution >= 4 is 11.0 Å². The number of rotatable bonds is 6. The second kappa shape index (κ2) is 8.63. The maximum Gasteiger partial charge on any atom is 0.213 e. The Labute approximate surface area is 176 Å². The van der Waals surface area contributed by atoms with Gasteiger partial charge in [-0.2, -0.15) is 0 Å². The minimum Gasteiger partial charge on any atom is -0.476 e. The first-order chi connectivity index (χ1) is 14.9. The maximum absolute atomic E-state index is 5.85. The molecule has 0 saturated carbocycles. The van der Waals surface area contributed by atoms with Crippen LogP contribution >= 0.6 is 0 Å². The van der Waals surface area contributed by atoms with Crippen LogP contribution in [0.4, 0.5) is 0 Å². The van der Waals surface area contributed by atoms with E-state index in [1.54, 1.807) is 12.4 Å². The summed E-state index contributed by atoms with van der Waals surface area (Å²) in [4.78, 5) is 15.6. The molecule has 0 radical (unpaired) electrons. The van der Waals surface area contributed by atoms with Crippen LogP contribution in [0.15, 0.2) is 67.4 Å². The lowest BCUT2D eigenvalue weighted by molar-refractivity contribution is 0.180. The molecule has 6 nitrogen and oxygen atoms in total. The van der Waals surface area contributed by atoms with Gasteiger partial charge in [-0.25, -0.2) is 9.97 Å². The minimum absolute atomic E-state index is 0.679. The minimum atomic E-state index is 0.679. The lowest BCUT2D eigenvalue weighted by atomic mass is 10.1. The molecule has 0 aliphatic carbocycles. The molecule has 1 saturated heterocycles. The summed E-state index contributed by atoms with van der Waals surface area (Å²) in [5.41, 5.74) is 5.21. The Hall–Kier alpha value is -3.25. The third-order valence-corrected chi connectivity index (χ3v) is 5.66. The van der Waals surface area contributed by atoms with E-state index < -0.39 is 0 Å². The first-order valence-electron chi connectivity index (χ1n) is 10.6. The van der Waals surface area contributed by atoms with Crippen LogP contribution in [0.2, 0.25) is 0 Å². The molecule has 3 aromatic heterocycles. The Morgan fingerprint density at radius 2 is 1.70 bits per heavy atom. The average molecular weight is 399 g/mol. The predicted octanol–water partition coefficient (Wildman–Crippen LogP) is 4.35. The molecule has 0 unspecified atom stereocenters. The average Bonchev–Trinajstić information content (AvgIpc) is 3.24. The van der Waals surface area contributed by atoms with Crippen LogP contribution in [0.3, 0.4) is 0 Å². The fourth-order valence-electron chi connectivity index (χ4n) is 4.00. The highest BCUT2D eigenvalue weighted by Gasteiger charge is 2.10. The predicted molar refractivity (Wildman–Crippen MR) is 118 cm³/mol. The van der Waals surface area contributed by atoms with E-state index in [1.165, 1.54) is 32.4 Å². The number of hydrogen-bond acceptors (Lipinski definition) is 5. The summed E-state index contributed by atoms with van der Waals surface area (Å²) in [6.07, 6.45) is 11.3. The summed E-state index contributed by atoms with van der Waals surface area (Å²) in [7, 11) is 0. The fraction of sp³-hybridized carbons (Fsp3) is 0.292. The third kappa shape index (κ3) is 4.04. The summed E-state index contributed by atoms with van der Waals surface area (Å²) in [5.74, 6) is 0.679. The van der Waals surface area contributed by atoms with E-state index in [0.717, 1.165) is 34.4 Å². The van der Waals surface area contributed by atoms with Gasteiger partial charge in [0.05, 0.1) is 16.7 Å². The zero-order valence-electron chi connectivity index (χ0n) is 16.9. The van der Waals surface area contributed by atoms with Crippen LogP contribution < -0.4 is 4.74 Å². The fourth-order valence-corrected chi connectivity index (χ4v) is 4.00. The zero-order chi connectivity index (χ0) is 20.2. The molecule has 4 aromatic rings. The first-order valence-corrected chi connectivity index (χ1v) is 10.6. The van der Waals surface area contributed by atoms with E-state index in [2.05, 4.69) is 48.7 Å². The van der Waals surface area contributed by atoms with Crippen LogP contribution in [0.25, 0.3) is 27.8 Å². The molecule has 0 bridgehead atoms. The van der Waals surface area contributed by atoms with Gasteiger partial charge >= 0.3 is 0 Å². The summed E-state index contributed by atoms with van der Waals surface area (Å²) in [6, 6.07) is 14.3. The molecule has 0 amide bonds. The van der Waals surface area contributed by atoms with Crippen molar-refractivity contribution < 1.29 is 4.74 Å². The molecule has 1 fully saturated rings. The number of aromatic nitrogens is 4. The molecule has 1 aromatic carbocycles. The number of fused-ring (bicyclic) bond motifs is 1. The topological polar surface area (TPSA) is 56.1 Å². The number of likely N-dealkylation sites (tertiary alicyclic amines) is 1. The lowest BCUT2D eigenvalue weighted by Gasteiger charge is -2.26. The van der Waals surface area contributed by atoms with E-state index in [9.17, 15) is 0 Å². The van der Waals surface area contributed by atoms with Crippen molar-refractivity contribution in [1.29, 1.82) is 0 Å². The Balaban J connectivity index is 1.27. The van der Waals surface area contributed by atoms with Crippen LogP contribution in [0.5, 0.6) is 5.88 Å². The smallest absolute Gasteiger partial charge is 0.213 e. The molecule has 0 spiro atoms. The molecule has 152 valence electrons. The molecular weight excluding hydrogens is 374 g/mol. The van der Waals surface area contributed by atoms with Crippen LogP contribution in [0.1, 0.15) is 19.3 Å². The Morgan fingerprint density at radius 1 is 0.867 bits per heavy atom. The van der Waals surface area contributed by atoms with E-state index in [1.807, 2.05) is 30.7 Å². The lowest BCUT2D eigenvalue weighted by Crippen LogP contribution is -2.33. The summed E-state index contributed by atoms with van der Waals surface area (Å²) < 4.78 is 7.92. The largest absolute Gasteiger partial charge is 0.476 e. The molecule has 30 heavy (non-hydrogen) atoms. The Morgan fingerprint density at radius 3 is 2.50 bits per heavy atom. The van der Waals surface area contributed by atoms with Gasteiger partial charge in [0.1, 0.15) is 12.9 Å². The number of ether oxygens (including phenoxy) is 1. The van der Waals surface area contributed by atoms with Crippen molar-refractivity contribution in [2.45, 2.75) is 19.3 Å². The Bertz CT molecular complexity index is 1100. The highest BCUT2D eigenvalue weighted by atomic mass is 16.5. The molecule has 4 heterocycles. The van der Waals surface area contributed by atoms with E-state index >= 15 is 0 Å². The van der Waals surface area contributed by atoms with Crippen LogP contribution in [-0.4, -0.2) is 50.7 Å². The van der Waals surface area contributed by atoms with Gasteiger partial charge in [0.2, 0.25) is 5.88 Å². The van der Waals surface area contributed by atoms with Crippen molar-refractivity contribution in [3.63, 3.8) is 0 Å². The monoisotopic (exact) mass is 399 g/mol. The second-order valence-corrected chi connectivity index (χ2v) is 7.66. The van der Waals surface area contributed by atoms with Crippen LogP contribution in [0, 0.1) is 0 Å². The number of piperidine rings is 1. The highest BCUT2D eigenvalue weighted by molar-refractivity contribution is 5.83. The van der Waals surface area contributed by atoms with E-state index in [4.69, 9.17) is 4.74 Å². The number of imidazole rings is 1. The van der Waals surface area contributed by atoms with Gasteiger partial charge < -0.3 is 4.74 Å². The van der Waals surface area contributed by atoms with Crippen molar-refractivity contribution in [3.8, 4) is 22.7 Å². The maximum atomic E-state index is 5.85. The molecule has 1 aliphatic rings. The molecule has 6 heteroatoms. The van der Waals surface area contributed by atoms with E-state index in [0.29, 0.717) is 12.5 Å². The SMILES string of the molecule is c1cc(-n2cnc3cc(-c4ccc(OCCN5CCCCC5)nc4)ccc32)ccn1.